The van der Waals surface area contributed by atoms with Gasteiger partial charge in [0, 0.05) is 30.6 Å². The molecule has 1 heterocycles. The molecular formula is C22H30F2N2O4. The van der Waals surface area contributed by atoms with Gasteiger partial charge in [-0.05, 0) is 51.7 Å². The minimum atomic E-state index is -0.936. The van der Waals surface area contributed by atoms with Crippen molar-refractivity contribution in [1.82, 2.24) is 10.2 Å². The van der Waals surface area contributed by atoms with Crippen LogP contribution in [0.1, 0.15) is 57.8 Å². The monoisotopic (exact) mass is 424 g/mol. The third kappa shape index (κ3) is 6.24. The van der Waals surface area contributed by atoms with Gasteiger partial charge >= 0.3 is 6.09 Å². The Labute approximate surface area is 176 Å². The number of rotatable bonds is 5. The predicted molar refractivity (Wildman–Crippen MR) is 108 cm³/mol. The number of hydrogen-bond donors (Lipinski definition) is 1. The highest BCUT2D eigenvalue weighted by Gasteiger charge is 2.35. The van der Waals surface area contributed by atoms with Crippen molar-refractivity contribution in [2.75, 3.05) is 13.1 Å². The Bertz CT molecular complexity index is 797. The van der Waals surface area contributed by atoms with Gasteiger partial charge in [0.05, 0.1) is 5.56 Å². The average Bonchev–Trinajstić information content (AvgIpc) is 2.63. The van der Waals surface area contributed by atoms with Gasteiger partial charge in [0.25, 0.3) is 5.91 Å². The molecule has 0 spiro atoms. The first kappa shape index (κ1) is 23.8. The molecule has 0 unspecified atom stereocenters. The first-order valence-corrected chi connectivity index (χ1v) is 10.2. The smallest absolute Gasteiger partial charge is 0.408 e. The Morgan fingerprint density at radius 3 is 2.23 bits per heavy atom. The number of amides is 2. The topological polar surface area (TPSA) is 75.7 Å². The largest absolute Gasteiger partial charge is 0.436 e. The highest BCUT2D eigenvalue weighted by Crippen LogP contribution is 2.25. The maximum absolute atomic E-state index is 13.9. The molecule has 1 aromatic carbocycles. The zero-order valence-electron chi connectivity index (χ0n) is 18.1. The van der Waals surface area contributed by atoms with Crippen LogP contribution in [0.25, 0.3) is 0 Å². The molecular weight excluding hydrogens is 394 g/mol. The van der Waals surface area contributed by atoms with E-state index >= 15 is 0 Å². The predicted octanol–water partition coefficient (Wildman–Crippen LogP) is 3.94. The highest BCUT2D eigenvalue weighted by molar-refractivity contribution is 5.98. The van der Waals surface area contributed by atoms with Crippen LogP contribution in [0.5, 0.6) is 0 Å². The van der Waals surface area contributed by atoms with Crippen LogP contribution in [0.2, 0.25) is 0 Å². The number of carbonyl (C=O) groups is 3. The third-order valence-electron chi connectivity index (χ3n) is 4.93. The van der Waals surface area contributed by atoms with Gasteiger partial charge < -0.3 is 15.0 Å². The molecule has 1 saturated heterocycles. The first-order valence-electron chi connectivity index (χ1n) is 10.2. The highest BCUT2D eigenvalue weighted by atomic mass is 19.1. The van der Waals surface area contributed by atoms with E-state index in [4.69, 9.17) is 4.74 Å². The molecule has 1 N–H and O–H groups in total. The second-order valence-corrected chi connectivity index (χ2v) is 9.03. The van der Waals surface area contributed by atoms with Gasteiger partial charge in [-0.1, -0.05) is 13.8 Å². The molecule has 6 nitrogen and oxygen atoms in total. The lowest BCUT2D eigenvalue weighted by Gasteiger charge is -2.34. The minimum Gasteiger partial charge on any atom is -0.436 e. The van der Waals surface area contributed by atoms with Gasteiger partial charge in [-0.3, -0.25) is 9.59 Å². The molecule has 30 heavy (non-hydrogen) atoms. The summed E-state index contributed by atoms with van der Waals surface area (Å²) >= 11 is 0. The SMILES string of the molecule is CC(C)[C@H](OC(=O)NC(C)(C)C)C(=O)N1CCC(C(=O)c2ccc(F)cc2F)CC1. The van der Waals surface area contributed by atoms with Crippen molar-refractivity contribution in [3.63, 3.8) is 0 Å². The van der Waals surface area contributed by atoms with Crippen LogP contribution in [0.4, 0.5) is 13.6 Å². The molecule has 0 radical (unpaired) electrons. The Balaban J connectivity index is 1.99. The second-order valence-electron chi connectivity index (χ2n) is 9.03. The summed E-state index contributed by atoms with van der Waals surface area (Å²) in [6, 6.07) is 2.91. The number of Topliss-reactive ketones (excluding diaryl/α,β-unsaturated/α-hetero) is 1. The minimum absolute atomic E-state index is 0.136. The van der Waals surface area contributed by atoms with Crippen molar-refractivity contribution in [3.8, 4) is 0 Å². The van der Waals surface area contributed by atoms with E-state index in [1.54, 1.807) is 18.7 Å². The van der Waals surface area contributed by atoms with Crippen LogP contribution >= 0.6 is 0 Å². The molecule has 0 aromatic heterocycles. The Morgan fingerprint density at radius 1 is 1.13 bits per heavy atom. The summed E-state index contributed by atoms with van der Waals surface area (Å²) in [4.78, 5) is 39.2. The molecule has 166 valence electrons. The molecule has 2 amide bonds. The summed E-state index contributed by atoms with van der Waals surface area (Å²) in [7, 11) is 0. The van der Waals surface area contributed by atoms with Crippen LogP contribution in [0.3, 0.4) is 0 Å². The van der Waals surface area contributed by atoms with Gasteiger partial charge in [0.15, 0.2) is 11.9 Å². The third-order valence-corrected chi connectivity index (χ3v) is 4.93. The van der Waals surface area contributed by atoms with E-state index in [9.17, 15) is 23.2 Å². The van der Waals surface area contributed by atoms with E-state index in [1.165, 1.54) is 0 Å². The molecule has 1 aliphatic heterocycles. The van der Waals surface area contributed by atoms with Gasteiger partial charge in [-0.2, -0.15) is 0 Å². The second kappa shape index (κ2) is 9.53. The maximum atomic E-state index is 13.9. The zero-order valence-corrected chi connectivity index (χ0v) is 18.1. The van der Waals surface area contributed by atoms with Crippen molar-refractivity contribution >= 4 is 17.8 Å². The number of nitrogens with one attached hydrogen (secondary N) is 1. The lowest BCUT2D eigenvalue weighted by atomic mass is 9.88. The number of nitrogens with zero attached hydrogens (tertiary/aromatic N) is 1. The fraction of sp³-hybridized carbons (Fsp3) is 0.591. The van der Waals surface area contributed by atoms with E-state index in [2.05, 4.69) is 5.32 Å². The standard InChI is InChI=1S/C22H30F2N2O4/c1-13(2)19(30-21(29)25-22(3,4)5)20(28)26-10-8-14(9-11-26)18(27)16-7-6-15(23)12-17(16)24/h6-7,12-14,19H,8-11H2,1-5H3,(H,25,29)/t19-/m0/s1. The fourth-order valence-electron chi connectivity index (χ4n) is 3.37. The zero-order chi connectivity index (χ0) is 22.6. The maximum Gasteiger partial charge on any atom is 0.408 e. The van der Waals surface area contributed by atoms with Crippen LogP contribution in [-0.4, -0.2) is 47.4 Å². The van der Waals surface area contributed by atoms with Gasteiger partial charge in [0.1, 0.15) is 11.6 Å². The van der Waals surface area contributed by atoms with E-state index < -0.39 is 35.3 Å². The number of carbonyl (C=O) groups excluding carboxylic acids is 3. The van der Waals surface area contributed by atoms with Gasteiger partial charge in [0.2, 0.25) is 0 Å². The van der Waals surface area contributed by atoms with Crippen LogP contribution in [-0.2, 0) is 9.53 Å². The summed E-state index contributed by atoms with van der Waals surface area (Å²) in [5.74, 6) is -2.99. The molecule has 1 fully saturated rings. The Hall–Kier alpha value is -2.51. The number of halogens is 2. The van der Waals surface area contributed by atoms with Gasteiger partial charge in [-0.25, -0.2) is 13.6 Å². The molecule has 1 atom stereocenters. The quantitative estimate of drug-likeness (QED) is 0.727. The summed E-state index contributed by atoms with van der Waals surface area (Å²) < 4.78 is 32.4. The van der Waals surface area contributed by atoms with Crippen molar-refractivity contribution < 1.29 is 27.9 Å². The van der Waals surface area contributed by atoms with Crippen molar-refractivity contribution in [1.29, 1.82) is 0 Å². The number of likely N-dealkylation sites (tertiary alicyclic amines) is 1. The van der Waals surface area contributed by atoms with E-state index in [0.29, 0.717) is 32.0 Å². The van der Waals surface area contributed by atoms with Crippen LogP contribution in [0.15, 0.2) is 18.2 Å². The number of hydrogen-bond acceptors (Lipinski definition) is 4. The van der Waals surface area contributed by atoms with Gasteiger partial charge in [-0.15, -0.1) is 0 Å². The van der Waals surface area contributed by atoms with Crippen molar-refractivity contribution in [2.45, 2.75) is 59.1 Å². The normalized spacial score (nSPS) is 16.3. The van der Waals surface area contributed by atoms with E-state index in [1.807, 2.05) is 20.8 Å². The number of ether oxygens (including phenoxy) is 1. The number of benzene rings is 1. The number of ketones is 1. The molecule has 8 heteroatoms. The lowest BCUT2D eigenvalue weighted by Crippen LogP contribution is -2.50. The summed E-state index contributed by atoms with van der Waals surface area (Å²) in [6.07, 6.45) is -0.874. The molecule has 1 aliphatic rings. The Kier molecular flexibility index (Phi) is 7.55. The average molecular weight is 424 g/mol. The van der Waals surface area contributed by atoms with Crippen molar-refractivity contribution in [2.24, 2.45) is 11.8 Å². The molecule has 0 aliphatic carbocycles. The molecule has 0 saturated carbocycles. The van der Waals surface area contributed by atoms with Crippen molar-refractivity contribution in [3.05, 3.63) is 35.4 Å². The summed E-state index contributed by atoms with van der Waals surface area (Å²) in [5.41, 5.74) is -0.626. The van der Waals surface area contributed by atoms with Crippen LogP contribution < -0.4 is 5.32 Å². The lowest BCUT2D eigenvalue weighted by molar-refractivity contribution is -0.144. The first-order chi connectivity index (χ1) is 13.9. The Morgan fingerprint density at radius 2 is 1.73 bits per heavy atom. The fourth-order valence-corrected chi connectivity index (χ4v) is 3.37. The van der Waals surface area contributed by atoms with E-state index in [0.717, 1.165) is 12.1 Å². The van der Waals surface area contributed by atoms with E-state index in [-0.39, 0.29) is 23.2 Å². The molecule has 2 rings (SSSR count). The number of alkyl carbamates (subject to hydrolysis) is 1. The van der Waals surface area contributed by atoms with Crippen LogP contribution in [0, 0.1) is 23.5 Å². The summed E-state index contributed by atoms with van der Waals surface area (Å²) in [6.45, 7) is 9.61. The molecule has 0 bridgehead atoms. The number of piperidine rings is 1. The molecule has 1 aromatic rings. The summed E-state index contributed by atoms with van der Waals surface area (Å²) in [5, 5.41) is 2.67.